The Kier molecular flexibility index (Phi) is 4.02. The van der Waals surface area contributed by atoms with E-state index >= 15 is 0 Å². The molecule has 0 aliphatic heterocycles. The highest BCUT2D eigenvalue weighted by Gasteiger charge is 2.15. The van der Waals surface area contributed by atoms with Gasteiger partial charge in [-0.3, -0.25) is 4.57 Å². The predicted molar refractivity (Wildman–Crippen MR) is 90.4 cm³/mol. The lowest BCUT2D eigenvalue weighted by atomic mass is 10.1. The minimum absolute atomic E-state index is 0.236. The van der Waals surface area contributed by atoms with Gasteiger partial charge in [0, 0.05) is 12.1 Å². The number of aryl methyl sites for hydroxylation is 2. The molecule has 0 fully saturated rings. The Hall–Kier alpha value is -2.08. The van der Waals surface area contributed by atoms with E-state index in [1.165, 1.54) is 17.3 Å². The lowest BCUT2D eigenvalue weighted by Crippen LogP contribution is -2.24. The molecule has 0 saturated carbocycles. The lowest BCUT2D eigenvalue weighted by Gasteiger charge is -2.05. The van der Waals surface area contributed by atoms with Gasteiger partial charge in [-0.05, 0) is 19.6 Å². The Bertz CT molecular complexity index is 864. The van der Waals surface area contributed by atoms with Gasteiger partial charge in [-0.2, -0.15) is 4.98 Å². The summed E-state index contributed by atoms with van der Waals surface area (Å²) in [5.74, 6) is 0.766. The van der Waals surface area contributed by atoms with Gasteiger partial charge < -0.3 is 4.98 Å². The highest BCUT2D eigenvalue weighted by Crippen LogP contribution is 2.25. The van der Waals surface area contributed by atoms with Crippen LogP contribution in [0, 0.1) is 6.92 Å². The van der Waals surface area contributed by atoms with E-state index in [0.29, 0.717) is 17.2 Å². The maximum absolute atomic E-state index is 12.2. The molecule has 2 heterocycles. The molecule has 0 bridgehead atoms. The van der Waals surface area contributed by atoms with Crippen LogP contribution in [0.1, 0.15) is 18.9 Å². The van der Waals surface area contributed by atoms with Gasteiger partial charge in [-0.1, -0.05) is 36.8 Å². The minimum atomic E-state index is -0.236. The van der Waals surface area contributed by atoms with E-state index in [2.05, 4.69) is 34.0 Å². The molecular weight excluding hydrogens is 296 g/mol. The van der Waals surface area contributed by atoms with E-state index in [-0.39, 0.29) is 5.69 Å². The molecule has 1 N–H and O–H groups in total. The van der Waals surface area contributed by atoms with E-state index < -0.39 is 0 Å². The van der Waals surface area contributed by atoms with Crippen molar-refractivity contribution < 1.29 is 0 Å². The van der Waals surface area contributed by atoms with Crippen LogP contribution in [-0.2, 0) is 6.54 Å². The molecule has 22 heavy (non-hydrogen) atoms. The number of aromatic nitrogens is 4. The lowest BCUT2D eigenvalue weighted by molar-refractivity contribution is 0.648. The Morgan fingerprint density at radius 3 is 2.59 bits per heavy atom. The summed E-state index contributed by atoms with van der Waals surface area (Å²) in [6, 6.07) is 8.16. The van der Waals surface area contributed by atoms with E-state index in [0.717, 1.165) is 23.3 Å². The number of imidazole rings is 1. The normalized spacial score (nSPS) is 11.2. The number of rotatable bonds is 4. The second-order valence-corrected chi connectivity index (χ2v) is 6.00. The SMILES string of the molecule is CCCn1c(=O)nc(SC)c2[nH]c(-c3ccc(C)cc3)nc21. The molecule has 0 atom stereocenters. The van der Waals surface area contributed by atoms with Gasteiger partial charge in [0.05, 0.1) is 0 Å². The van der Waals surface area contributed by atoms with Crippen molar-refractivity contribution >= 4 is 22.9 Å². The van der Waals surface area contributed by atoms with E-state index in [9.17, 15) is 4.79 Å². The third kappa shape index (κ3) is 2.54. The minimum Gasteiger partial charge on any atom is -0.334 e. The van der Waals surface area contributed by atoms with Crippen LogP contribution in [0.15, 0.2) is 34.1 Å². The van der Waals surface area contributed by atoms with Crippen molar-refractivity contribution in [3.05, 3.63) is 40.3 Å². The number of hydrogen-bond donors (Lipinski definition) is 1. The molecule has 0 aliphatic carbocycles. The van der Waals surface area contributed by atoms with Crippen LogP contribution < -0.4 is 5.69 Å². The van der Waals surface area contributed by atoms with Gasteiger partial charge in [-0.15, -0.1) is 11.8 Å². The summed E-state index contributed by atoms with van der Waals surface area (Å²) < 4.78 is 1.64. The number of benzene rings is 1. The van der Waals surface area contributed by atoms with Crippen LogP contribution in [0.2, 0.25) is 0 Å². The van der Waals surface area contributed by atoms with Crippen LogP contribution in [0.3, 0.4) is 0 Å². The first-order chi connectivity index (χ1) is 10.6. The first-order valence-electron chi connectivity index (χ1n) is 7.25. The highest BCUT2D eigenvalue weighted by atomic mass is 32.2. The van der Waals surface area contributed by atoms with Crippen molar-refractivity contribution in [3.8, 4) is 11.4 Å². The van der Waals surface area contributed by atoms with Gasteiger partial charge in [0.2, 0.25) is 0 Å². The fourth-order valence-electron chi connectivity index (χ4n) is 2.42. The molecule has 1 aromatic carbocycles. The molecule has 0 radical (unpaired) electrons. The van der Waals surface area contributed by atoms with Crippen molar-refractivity contribution in [2.45, 2.75) is 31.8 Å². The quantitative estimate of drug-likeness (QED) is 0.593. The van der Waals surface area contributed by atoms with Crippen LogP contribution in [0.25, 0.3) is 22.6 Å². The Morgan fingerprint density at radius 2 is 1.95 bits per heavy atom. The number of nitrogens with one attached hydrogen (secondary N) is 1. The second-order valence-electron chi connectivity index (χ2n) is 5.21. The Labute approximate surface area is 132 Å². The summed E-state index contributed by atoms with van der Waals surface area (Å²) in [5, 5.41) is 0.693. The zero-order chi connectivity index (χ0) is 15.7. The molecule has 2 aromatic heterocycles. The molecular formula is C16H18N4OS. The average Bonchev–Trinajstić information content (AvgIpc) is 2.95. The molecule has 3 rings (SSSR count). The van der Waals surface area contributed by atoms with Crippen LogP contribution in [0.5, 0.6) is 0 Å². The van der Waals surface area contributed by atoms with Crippen LogP contribution in [-0.4, -0.2) is 25.8 Å². The number of nitrogens with zero attached hydrogens (tertiary/aromatic N) is 3. The number of thioether (sulfide) groups is 1. The Morgan fingerprint density at radius 1 is 1.23 bits per heavy atom. The van der Waals surface area contributed by atoms with Crippen LogP contribution >= 0.6 is 11.8 Å². The van der Waals surface area contributed by atoms with E-state index in [1.54, 1.807) is 4.57 Å². The monoisotopic (exact) mass is 314 g/mol. The number of fused-ring (bicyclic) bond motifs is 1. The zero-order valence-corrected chi connectivity index (χ0v) is 13.7. The number of hydrogen-bond acceptors (Lipinski definition) is 4. The summed E-state index contributed by atoms with van der Waals surface area (Å²) in [4.78, 5) is 24.3. The summed E-state index contributed by atoms with van der Waals surface area (Å²) in [7, 11) is 0. The fourth-order valence-corrected chi connectivity index (χ4v) is 2.94. The number of aromatic amines is 1. The summed E-state index contributed by atoms with van der Waals surface area (Å²) in [5.41, 5.74) is 3.48. The first kappa shape index (κ1) is 14.8. The zero-order valence-electron chi connectivity index (χ0n) is 12.9. The van der Waals surface area contributed by atoms with Gasteiger partial charge in [0.25, 0.3) is 0 Å². The molecule has 0 amide bonds. The van der Waals surface area contributed by atoms with Crippen molar-refractivity contribution in [3.63, 3.8) is 0 Å². The van der Waals surface area contributed by atoms with Crippen molar-refractivity contribution in [1.29, 1.82) is 0 Å². The fraction of sp³-hybridized carbons (Fsp3) is 0.312. The molecule has 0 saturated heterocycles. The van der Waals surface area contributed by atoms with Crippen LogP contribution in [0.4, 0.5) is 0 Å². The van der Waals surface area contributed by atoms with Gasteiger partial charge >= 0.3 is 5.69 Å². The van der Waals surface area contributed by atoms with Crippen molar-refractivity contribution in [2.24, 2.45) is 0 Å². The van der Waals surface area contributed by atoms with E-state index in [1.807, 2.05) is 25.3 Å². The molecule has 0 spiro atoms. The number of H-pyrrole nitrogens is 1. The second kappa shape index (κ2) is 5.96. The third-order valence-corrected chi connectivity index (χ3v) is 4.23. The van der Waals surface area contributed by atoms with Gasteiger partial charge in [0.15, 0.2) is 5.65 Å². The Balaban J connectivity index is 2.25. The van der Waals surface area contributed by atoms with Crippen molar-refractivity contribution in [2.75, 3.05) is 6.26 Å². The molecule has 114 valence electrons. The average molecular weight is 314 g/mol. The molecule has 6 heteroatoms. The topological polar surface area (TPSA) is 63.6 Å². The summed E-state index contributed by atoms with van der Waals surface area (Å²) in [6.07, 6.45) is 2.78. The van der Waals surface area contributed by atoms with E-state index in [4.69, 9.17) is 0 Å². The van der Waals surface area contributed by atoms with Gasteiger partial charge in [-0.25, -0.2) is 9.78 Å². The predicted octanol–water partition coefficient (Wildman–Crippen LogP) is 3.23. The highest BCUT2D eigenvalue weighted by molar-refractivity contribution is 7.98. The first-order valence-corrected chi connectivity index (χ1v) is 8.48. The summed E-state index contributed by atoms with van der Waals surface area (Å²) >= 11 is 1.45. The molecule has 3 aromatic rings. The summed E-state index contributed by atoms with van der Waals surface area (Å²) in [6.45, 7) is 4.71. The van der Waals surface area contributed by atoms with Crippen molar-refractivity contribution in [1.82, 2.24) is 19.5 Å². The maximum atomic E-state index is 12.2. The largest absolute Gasteiger partial charge is 0.350 e. The smallest absolute Gasteiger partial charge is 0.334 e. The van der Waals surface area contributed by atoms with Gasteiger partial charge in [0.1, 0.15) is 16.4 Å². The molecule has 0 unspecified atom stereocenters. The molecule has 5 nitrogen and oxygen atoms in total. The standard InChI is InChI=1S/C16H18N4OS/c1-4-9-20-14-12(15(22-3)19-16(20)21)17-13(18-14)11-7-5-10(2)6-8-11/h5-8H,4,9H2,1-3H3,(H,17,18). The maximum Gasteiger partial charge on any atom is 0.350 e. The third-order valence-electron chi connectivity index (χ3n) is 3.55. The molecule has 0 aliphatic rings.